The zero-order valence-electron chi connectivity index (χ0n) is 11.3. The molecule has 0 aromatic carbocycles. The van der Waals surface area contributed by atoms with Crippen LogP contribution in [0.4, 0.5) is 4.79 Å². The van der Waals surface area contributed by atoms with Crippen LogP contribution in [0.3, 0.4) is 0 Å². The van der Waals surface area contributed by atoms with Gasteiger partial charge < -0.3 is 20.1 Å². The number of allylic oxidation sites excluding steroid dienone is 1. The van der Waals surface area contributed by atoms with Crippen molar-refractivity contribution >= 4 is 12.3 Å². The van der Waals surface area contributed by atoms with Crippen molar-refractivity contribution in [2.24, 2.45) is 10.7 Å². The highest BCUT2D eigenvalue weighted by Gasteiger charge is 2.35. The molecule has 1 fully saturated rings. The lowest BCUT2D eigenvalue weighted by molar-refractivity contribution is -0.0383. The Morgan fingerprint density at radius 1 is 1.44 bits per heavy atom. The molecule has 6 heteroatoms. The van der Waals surface area contributed by atoms with E-state index in [1.807, 2.05) is 20.8 Å². The fraction of sp³-hybridized carbons (Fsp3) is 0.667. The number of likely N-dealkylation sites (tertiary alicyclic amines) is 1. The molecular weight excluding hydrogens is 234 g/mol. The Morgan fingerprint density at radius 3 is 2.50 bits per heavy atom. The van der Waals surface area contributed by atoms with Crippen LogP contribution in [0.1, 0.15) is 20.8 Å². The molecule has 1 heterocycles. The number of ether oxygens (including phenoxy) is 2. The second-order valence-corrected chi connectivity index (χ2v) is 5.08. The lowest BCUT2D eigenvalue weighted by Crippen LogP contribution is -2.55. The maximum Gasteiger partial charge on any atom is 0.410 e. The number of carbonyl (C=O) groups is 1. The van der Waals surface area contributed by atoms with Crippen molar-refractivity contribution in [2.75, 3.05) is 20.1 Å². The Balaban J connectivity index is 2.34. The van der Waals surface area contributed by atoms with Gasteiger partial charge in [-0.25, -0.2) is 4.79 Å². The van der Waals surface area contributed by atoms with E-state index in [0.29, 0.717) is 18.8 Å². The molecule has 102 valence electrons. The summed E-state index contributed by atoms with van der Waals surface area (Å²) >= 11 is 0. The van der Waals surface area contributed by atoms with Crippen molar-refractivity contribution < 1.29 is 14.3 Å². The first kappa shape index (κ1) is 14.3. The summed E-state index contributed by atoms with van der Waals surface area (Å²) in [6, 6.07) is 0. The van der Waals surface area contributed by atoms with E-state index in [4.69, 9.17) is 15.2 Å². The summed E-state index contributed by atoms with van der Waals surface area (Å²) in [6.45, 7) is 6.52. The van der Waals surface area contributed by atoms with E-state index in [1.165, 1.54) is 12.4 Å². The van der Waals surface area contributed by atoms with E-state index in [2.05, 4.69) is 4.99 Å². The maximum atomic E-state index is 11.7. The topological polar surface area (TPSA) is 77.2 Å². The zero-order chi connectivity index (χ0) is 13.8. The third-order valence-electron chi connectivity index (χ3n) is 2.22. The predicted molar refractivity (Wildman–Crippen MR) is 69.4 cm³/mol. The molecule has 18 heavy (non-hydrogen) atoms. The highest BCUT2D eigenvalue weighted by molar-refractivity contribution is 5.75. The number of hydrogen-bond donors (Lipinski definition) is 1. The summed E-state index contributed by atoms with van der Waals surface area (Å²) in [4.78, 5) is 17.1. The standard InChI is InChI=1S/C12H21N3O3/c1-12(2,3)18-11(16)15-7-10(8-15)17-9(5-13)6-14-4/h5-6,10H,7-8,13H2,1-4H3. The minimum absolute atomic E-state index is 0.0506. The van der Waals surface area contributed by atoms with Crippen molar-refractivity contribution in [3.63, 3.8) is 0 Å². The molecule has 1 amide bonds. The largest absolute Gasteiger partial charge is 0.484 e. The van der Waals surface area contributed by atoms with Crippen LogP contribution in [-0.2, 0) is 9.47 Å². The third kappa shape index (κ3) is 4.27. The quantitative estimate of drug-likeness (QED) is 0.605. The molecule has 0 spiro atoms. The number of aliphatic imine (C=N–C) groups is 1. The Morgan fingerprint density at radius 2 is 2.06 bits per heavy atom. The van der Waals surface area contributed by atoms with Crippen molar-refractivity contribution in [1.82, 2.24) is 4.90 Å². The van der Waals surface area contributed by atoms with Gasteiger partial charge in [0.25, 0.3) is 0 Å². The fourth-order valence-electron chi connectivity index (χ4n) is 1.42. The molecule has 0 unspecified atom stereocenters. The predicted octanol–water partition coefficient (Wildman–Crippen LogP) is 1.12. The van der Waals surface area contributed by atoms with Gasteiger partial charge in [-0.1, -0.05) is 0 Å². The van der Waals surface area contributed by atoms with Gasteiger partial charge in [0.2, 0.25) is 0 Å². The first-order chi connectivity index (χ1) is 8.35. The average Bonchev–Trinajstić information content (AvgIpc) is 2.18. The van der Waals surface area contributed by atoms with Gasteiger partial charge in [-0.2, -0.15) is 0 Å². The van der Waals surface area contributed by atoms with Crippen LogP contribution in [0, 0.1) is 0 Å². The van der Waals surface area contributed by atoms with Crippen LogP contribution in [0.2, 0.25) is 0 Å². The molecule has 0 atom stereocenters. The minimum Gasteiger partial charge on any atom is -0.484 e. The van der Waals surface area contributed by atoms with Crippen LogP contribution in [0.25, 0.3) is 0 Å². The minimum atomic E-state index is -0.472. The highest BCUT2D eigenvalue weighted by atomic mass is 16.6. The van der Waals surface area contributed by atoms with Crippen LogP contribution < -0.4 is 5.73 Å². The van der Waals surface area contributed by atoms with Crippen LogP contribution in [-0.4, -0.2) is 49.0 Å². The zero-order valence-corrected chi connectivity index (χ0v) is 11.3. The normalized spacial score (nSPS) is 17.8. The first-order valence-electron chi connectivity index (χ1n) is 5.84. The van der Waals surface area contributed by atoms with E-state index in [9.17, 15) is 4.79 Å². The molecule has 1 rings (SSSR count). The van der Waals surface area contributed by atoms with E-state index in [1.54, 1.807) is 11.9 Å². The van der Waals surface area contributed by atoms with Gasteiger partial charge in [0, 0.05) is 13.2 Å². The Labute approximate surface area is 107 Å². The number of carbonyl (C=O) groups excluding carboxylic acids is 1. The molecule has 1 saturated heterocycles. The lowest BCUT2D eigenvalue weighted by atomic mass is 10.1. The fourth-order valence-corrected chi connectivity index (χ4v) is 1.42. The van der Waals surface area contributed by atoms with E-state index < -0.39 is 5.60 Å². The van der Waals surface area contributed by atoms with Gasteiger partial charge >= 0.3 is 6.09 Å². The summed E-state index contributed by atoms with van der Waals surface area (Å²) in [7, 11) is 1.64. The first-order valence-corrected chi connectivity index (χ1v) is 5.84. The number of hydrogen-bond acceptors (Lipinski definition) is 5. The van der Waals surface area contributed by atoms with Crippen molar-refractivity contribution in [1.29, 1.82) is 0 Å². The van der Waals surface area contributed by atoms with E-state index >= 15 is 0 Å². The molecule has 0 bridgehead atoms. The van der Waals surface area contributed by atoms with Gasteiger partial charge in [0.1, 0.15) is 11.7 Å². The molecule has 1 aliphatic rings. The number of nitrogens with zero attached hydrogens (tertiary/aromatic N) is 2. The molecule has 0 radical (unpaired) electrons. The van der Waals surface area contributed by atoms with Crippen molar-refractivity contribution in [3.8, 4) is 0 Å². The van der Waals surface area contributed by atoms with Crippen molar-refractivity contribution in [3.05, 3.63) is 12.0 Å². The second-order valence-electron chi connectivity index (χ2n) is 5.08. The van der Waals surface area contributed by atoms with Gasteiger partial charge in [0.05, 0.1) is 19.3 Å². The van der Waals surface area contributed by atoms with Gasteiger partial charge in [0.15, 0.2) is 5.76 Å². The third-order valence-corrected chi connectivity index (χ3v) is 2.22. The van der Waals surface area contributed by atoms with Gasteiger partial charge in [-0.15, -0.1) is 0 Å². The molecule has 2 N–H and O–H groups in total. The molecule has 0 aromatic heterocycles. The molecule has 6 nitrogen and oxygen atoms in total. The van der Waals surface area contributed by atoms with E-state index in [0.717, 1.165) is 0 Å². The Hall–Kier alpha value is -1.72. The summed E-state index contributed by atoms with van der Waals surface area (Å²) in [5.74, 6) is 0.506. The molecular formula is C12H21N3O3. The average molecular weight is 255 g/mol. The summed E-state index contributed by atoms with van der Waals surface area (Å²) in [5.41, 5.74) is 4.91. The lowest BCUT2D eigenvalue weighted by Gasteiger charge is -2.39. The number of rotatable bonds is 3. The number of nitrogens with two attached hydrogens (primary N) is 1. The second kappa shape index (κ2) is 5.75. The SMILES string of the molecule is CN=CC(=CN)OC1CN(C(=O)OC(C)(C)C)C1. The smallest absolute Gasteiger partial charge is 0.410 e. The summed E-state index contributed by atoms with van der Waals surface area (Å²) in [6.07, 6.45) is 2.52. The van der Waals surface area contributed by atoms with Gasteiger partial charge in [-0.3, -0.25) is 4.99 Å². The summed E-state index contributed by atoms with van der Waals surface area (Å²) < 4.78 is 10.8. The summed E-state index contributed by atoms with van der Waals surface area (Å²) in [5, 5.41) is 0. The molecule has 0 aromatic rings. The monoisotopic (exact) mass is 255 g/mol. The van der Waals surface area contributed by atoms with Crippen LogP contribution in [0.5, 0.6) is 0 Å². The van der Waals surface area contributed by atoms with Crippen LogP contribution >= 0.6 is 0 Å². The van der Waals surface area contributed by atoms with Crippen LogP contribution in [0.15, 0.2) is 17.0 Å². The molecule has 0 saturated carbocycles. The maximum absolute atomic E-state index is 11.7. The molecule has 1 aliphatic heterocycles. The van der Waals surface area contributed by atoms with Crippen molar-refractivity contribution in [2.45, 2.75) is 32.5 Å². The Bertz CT molecular complexity index is 352. The number of amides is 1. The molecule has 0 aliphatic carbocycles. The van der Waals surface area contributed by atoms with E-state index in [-0.39, 0.29) is 12.2 Å². The Kier molecular flexibility index (Phi) is 4.58. The van der Waals surface area contributed by atoms with Gasteiger partial charge in [-0.05, 0) is 20.8 Å². The highest BCUT2D eigenvalue weighted by Crippen LogP contribution is 2.18.